The van der Waals surface area contributed by atoms with E-state index < -0.39 is 0 Å². The highest BCUT2D eigenvalue weighted by atomic mass is 79.9. The molecule has 1 saturated heterocycles. The van der Waals surface area contributed by atoms with Crippen molar-refractivity contribution < 1.29 is 0 Å². The van der Waals surface area contributed by atoms with Gasteiger partial charge >= 0.3 is 0 Å². The fourth-order valence-corrected chi connectivity index (χ4v) is 2.53. The summed E-state index contributed by atoms with van der Waals surface area (Å²) < 4.78 is 1.17. The minimum absolute atomic E-state index is 0.716. The van der Waals surface area contributed by atoms with Crippen LogP contribution in [0.4, 0.5) is 0 Å². The average molecular weight is 254 g/mol. The lowest BCUT2D eigenvalue weighted by atomic mass is 9.87. The summed E-state index contributed by atoms with van der Waals surface area (Å²) in [4.78, 5) is 0. The van der Waals surface area contributed by atoms with E-state index >= 15 is 0 Å². The molecule has 2 atom stereocenters. The highest BCUT2D eigenvalue weighted by Crippen LogP contribution is 2.30. The minimum atomic E-state index is 0.716. The third kappa shape index (κ3) is 2.01. The van der Waals surface area contributed by atoms with Gasteiger partial charge in [0.05, 0.1) is 0 Å². The van der Waals surface area contributed by atoms with Crippen LogP contribution >= 0.6 is 15.9 Å². The van der Waals surface area contributed by atoms with Crippen LogP contribution in [-0.4, -0.2) is 13.1 Å². The van der Waals surface area contributed by atoms with Gasteiger partial charge in [0, 0.05) is 16.9 Å². The minimum Gasteiger partial charge on any atom is -0.316 e. The van der Waals surface area contributed by atoms with E-state index in [-0.39, 0.29) is 0 Å². The molecule has 0 saturated carbocycles. The van der Waals surface area contributed by atoms with Crippen LogP contribution in [0.1, 0.15) is 24.8 Å². The predicted molar refractivity (Wildman–Crippen MR) is 63.5 cm³/mol. The Morgan fingerprint density at radius 3 is 2.64 bits per heavy atom. The highest BCUT2D eigenvalue weighted by molar-refractivity contribution is 9.10. The lowest BCUT2D eigenvalue weighted by Gasteiger charge is -2.16. The van der Waals surface area contributed by atoms with Crippen molar-refractivity contribution in [3.8, 4) is 0 Å². The fraction of sp³-hybridized carbons (Fsp3) is 0.500. The molecule has 0 aliphatic carbocycles. The van der Waals surface area contributed by atoms with Crippen molar-refractivity contribution >= 4 is 15.9 Å². The second kappa shape index (κ2) is 4.45. The van der Waals surface area contributed by atoms with Crippen LogP contribution in [0.3, 0.4) is 0 Å². The summed E-state index contributed by atoms with van der Waals surface area (Å²) in [6.45, 7) is 4.60. The summed E-state index contributed by atoms with van der Waals surface area (Å²) in [7, 11) is 0. The maximum absolute atomic E-state index is 3.47. The largest absolute Gasteiger partial charge is 0.316 e. The Morgan fingerprint density at radius 2 is 2.00 bits per heavy atom. The highest BCUT2D eigenvalue weighted by Gasteiger charge is 2.26. The quantitative estimate of drug-likeness (QED) is 0.854. The van der Waals surface area contributed by atoms with Gasteiger partial charge < -0.3 is 5.32 Å². The Morgan fingerprint density at radius 1 is 1.29 bits per heavy atom. The van der Waals surface area contributed by atoms with Gasteiger partial charge in [-0.1, -0.05) is 41.4 Å². The normalized spacial score (nSPS) is 26.7. The third-order valence-electron chi connectivity index (χ3n) is 3.16. The molecule has 1 aromatic carbocycles. The van der Waals surface area contributed by atoms with Crippen LogP contribution in [-0.2, 0) is 0 Å². The first-order chi connectivity index (χ1) is 6.81. The topological polar surface area (TPSA) is 12.0 Å². The second-order valence-corrected chi connectivity index (χ2v) is 4.90. The van der Waals surface area contributed by atoms with Crippen molar-refractivity contribution in [2.24, 2.45) is 5.92 Å². The predicted octanol–water partition coefficient (Wildman–Crippen LogP) is 3.16. The molecule has 76 valence electrons. The number of benzene rings is 1. The summed E-state index contributed by atoms with van der Waals surface area (Å²) in [5.74, 6) is 1.53. The van der Waals surface area contributed by atoms with Crippen molar-refractivity contribution in [1.29, 1.82) is 0 Å². The molecular weight excluding hydrogens is 238 g/mol. The van der Waals surface area contributed by atoms with Crippen LogP contribution in [0.15, 0.2) is 28.7 Å². The fourth-order valence-electron chi connectivity index (χ4n) is 2.26. The molecule has 0 bridgehead atoms. The van der Waals surface area contributed by atoms with E-state index in [1.54, 1.807) is 0 Å². The van der Waals surface area contributed by atoms with E-state index in [0.717, 1.165) is 12.5 Å². The van der Waals surface area contributed by atoms with Gasteiger partial charge in [-0.05, 0) is 30.2 Å². The first-order valence-electron chi connectivity index (χ1n) is 5.27. The van der Waals surface area contributed by atoms with Crippen LogP contribution in [0.2, 0.25) is 0 Å². The number of hydrogen-bond donors (Lipinski definition) is 1. The molecule has 2 heteroatoms. The zero-order chi connectivity index (χ0) is 9.97. The molecule has 0 aromatic heterocycles. The zero-order valence-corrected chi connectivity index (χ0v) is 10.0. The summed E-state index contributed by atoms with van der Waals surface area (Å²) in [5, 5.41) is 3.47. The van der Waals surface area contributed by atoms with Crippen LogP contribution in [0, 0.1) is 5.92 Å². The van der Waals surface area contributed by atoms with Crippen molar-refractivity contribution in [3.63, 3.8) is 0 Å². The lowest BCUT2D eigenvalue weighted by Crippen LogP contribution is -2.09. The van der Waals surface area contributed by atoms with Crippen molar-refractivity contribution in [3.05, 3.63) is 34.3 Å². The molecule has 1 aliphatic rings. The zero-order valence-electron chi connectivity index (χ0n) is 8.46. The first-order valence-corrected chi connectivity index (χ1v) is 6.06. The van der Waals surface area contributed by atoms with Crippen LogP contribution < -0.4 is 5.32 Å². The van der Waals surface area contributed by atoms with Crippen molar-refractivity contribution in [1.82, 2.24) is 5.32 Å². The van der Waals surface area contributed by atoms with Gasteiger partial charge in [0.1, 0.15) is 0 Å². The number of hydrogen-bond acceptors (Lipinski definition) is 1. The van der Waals surface area contributed by atoms with Gasteiger partial charge in [0.15, 0.2) is 0 Å². The molecule has 0 amide bonds. The van der Waals surface area contributed by atoms with E-state index in [1.165, 1.54) is 23.0 Å². The molecule has 14 heavy (non-hydrogen) atoms. The lowest BCUT2D eigenvalue weighted by molar-refractivity contribution is 0.503. The SMILES string of the molecule is CC[C@@H]1CNC[C@@H]1c1ccc(Br)cc1. The Kier molecular flexibility index (Phi) is 3.24. The summed E-state index contributed by atoms with van der Waals surface area (Å²) in [6, 6.07) is 8.76. The molecule has 1 fully saturated rings. The van der Waals surface area contributed by atoms with Crippen molar-refractivity contribution in [2.45, 2.75) is 19.3 Å². The molecule has 2 rings (SSSR count). The molecule has 1 nitrogen and oxygen atoms in total. The van der Waals surface area contributed by atoms with E-state index in [1.807, 2.05) is 0 Å². The first kappa shape index (κ1) is 10.2. The van der Waals surface area contributed by atoms with Gasteiger partial charge in [-0.25, -0.2) is 0 Å². The molecular formula is C12H16BrN. The maximum atomic E-state index is 3.47. The third-order valence-corrected chi connectivity index (χ3v) is 3.69. The Balaban J connectivity index is 2.17. The number of rotatable bonds is 2. The van der Waals surface area contributed by atoms with E-state index in [0.29, 0.717) is 5.92 Å². The van der Waals surface area contributed by atoms with E-state index in [9.17, 15) is 0 Å². The molecule has 1 heterocycles. The Labute approximate surface area is 94.0 Å². The maximum Gasteiger partial charge on any atom is 0.0175 e. The monoisotopic (exact) mass is 253 g/mol. The van der Waals surface area contributed by atoms with Crippen molar-refractivity contribution in [2.75, 3.05) is 13.1 Å². The van der Waals surface area contributed by atoms with Gasteiger partial charge in [-0.2, -0.15) is 0 Å². The Bertz CT molecular complexity index is 294. The van der Waals surface area contributed by atoms with Gasteiger partial charge in [0.2, 0.25) is 0 Å². The summed E-state index contributed by atoms with van der Waals surface area (Å²) in [5.41, 5.74) is 1.48. The standard InChI is InChI=1S/C12H16BrN/c1-2-9-7-14-8-12(9)10-3-5-11(13)6-4-10/h3-6,9,12,14H,2,7-8H2,1H3/t9-,12+/m1/s1. The molecule has 0 unspecified atom stereocenters. The second-order valence-electron chi connectivity index (χ2n) is 3.98. The molecule has 0 spiro atoms. The molecule has 1 aliphatic heterocycles. The molecule has 1 aromatic rings. The molecule has 1 N–H and O–H groups in total. The van der Waals surface area contributed by atoms with E-state index in [4.69, 9.17) is 0 Å². The summed E-state index contributed by atoms with van der Waals surface area (Å²) in [6.07, 6.45) is 1.27. The van der Waals surface area contributed by atoms with Crippen LogP contribution in [0.25, 0.3) is 0 Å². The molecule has 0 radical (unpaired) electrons. The van der Waals surface area contributed by atoms with E-state index in [2.05, 4.69) is 52.4 Å². The number of halogens is 1. The van der Waals surface area contributed by atoms with Gasteiger partial charge in [-0.3, -0.25) is 0 Å². The van der Waals surface area contributed by atoms with Gasteiger partial charge in [0.25, 0.3) is 0 Å². The average Bonchev–Trinajstić information content (AvgIpc) is 2.67. The van der Waals surface area contributed by atoms with Gasteiger partial charge in [-0.15, -0.1) is 0 Å². The number of nitrogens with one attached hydrogen (secondary N) is 1. The smallest absolute Gasteiger partial charge is 0.0175 e. The Hall–Kier alpha value is -0.340. The summed E-state index contributed by atoms with van der Waals surface area (Å²) >= 11 is 3.47. The van der Waals surface area contributed by atoms with Crippen LogP contribution in [0.5, 0.6) is 0 Å².